The Morgan fingerprint density at radius 3 is 2.46 bits per heavy atom. The number of amides is 1. The van der Waals surface area contributed by atoms with Gasteiger partial charge in [0, 0.05) is 18.7 Å². The summed E-state index contributed by atoms with van der Waals surface area (Å²) in [6, 6.07) is 6.61. The minimum absolute atomic E-state index is 0.0805. The molecular weight excluding hydrogens is 520 g/mol. The predicted molar refractivity (Wildman–Crippen MR) is 138 cm³/mol. The molecule has 13 heteroatoms. The summed E-state index contributed by atoms with van der Waals surface area (Å²) in [6.45, 7) is 7.32. The molecule has 1 N–H and O–H groups in total. The summed E-state index contributed by atoms with van der Waals surface area (Å²) in [5.41, 5.74) is 0.536. The van der Waals surface area contributed by atoms with Crippen LogP contribution in [0, 0.1) is 5.92 Å². The van der Waals surface area contributed by atoms with Crippen molar-refractivity contribution in [3.8, 4) is 28.7 Å². The van der Waals surface area contributed by atoms with Crippen LogP contribution in [0.5, 0.6) is 17.2 Å². The molecule has 0 bridgehead atoms. The van der Waals surface area contributed by atoms with Crippen LogP contribution in [0.15, 0.2) is 38.3 Å². The van der Waals surface area contributed by atoms with Crippen molar-refractivity contribution in [2.24, 2.45) is 5.92 Å². The molecule has 3 heterocycles. The lowest BCUT2D eigenvalue weighted by molar-refractivity contribution is -0.121. The molecule has 0 aliphatic carbocycles. The number of nitrogens with one attached hydrogen (secondary N) is 1. The van der Waals surface area contributed by atoms with Gasteiger partial charge in [-0.05, 0) is 57.2 Å². The van der Waals surface area contributed by atoms with Crippen LogP contribution < -0.4 is 19.5 Å². The number of sulfonamides is 1. The number of anilines is 1. The molecule has 11 nitrogen and oxygen atoms in total. The van der Waals surface area contributed by atoms with Gasteiger partial charge in [-0.3, -0.25) is 10.1 Å². The highest BCUT2D eigenvalue weighted by molar-refractivity contribution is 7.91. The number of ether oxygens (including phenoxy) is 3. The Morgan fingerprint density at radius 1 is 1.14 bits per heavy atom. The smallest absolute Gasteiger partial charge is 0.322 e. The summed E-state index contributed by atoms with van der Waals surface area (Å²) in [6.07, 6.45) is 1.13. The van der Waals surface area contributed by atoms with Crippen molar-refractivity contribution < 1.29 is 31.8 Å². The molecule has 1 amide bonds. The van der Waals surface area contributed by atoms with Gasteiger partial charge in [-0.2, -0.15) is 4.31 Å². The van der Waals surface area contributed by atoms with Crippen LogP contribution >= 0.6 is 11.3 Å². The third-order valence-corrected chi connectivity index (χ3v) is 8.89. The Balaban J connectivity index is 1.50. The zero-order chi connectivity index (χ0) is 26.4. The number of piperidine rings is 1. The van der Waals surface area contributed by atoms with E-state index in [1.807, 2.05) is 20.8 Å². The number of carbonyl (C=O) groups is 1. The first-order chi connectivity index (χ1) is 17.9. The Kier molecular flexibility index (Phi) is 8.67. The second kappa shape index (κ2) is 11.9. The largest absolute Gasteiger partial charge is 0.490 e. The first-order valence-electron chi connectivity index (χ1n) is 12.1. The van der Waals surface area contributed by atoms with Gasteiger partial charge in [0.2, 0.25) is 17.5 Å². The highest BCUT2D eigenvalue weighted by Gasteiger charge is 2.34. The molecule has 3 aromatic rings. The molecule has 0 spiro atoms. The van der Waals surface area contributed by atoms with Crippen molar-refractivity contribution in [3.63, 3.8) is 0 Å². The minimum Gasteiger partial charge on any atom is -0.490 e. The van der Waals surface area contributed by atoms with E-state index in [4.69, 9.17) is 18.6 Å². The maximum atomic E-state index is 13.0. The van der Waals surface area contributed by atoms with Crippen LogP contribution in [0.2, 0.25) is 0 Å². The van der Waals surface area contributed by atoms with E-state index in [9.17, 15) is 13.2 Å². The second-order valence-corrected chi connectivity index (χ2v) is 11.2. The van der Waals surface area contributed by atoms with Crippen LogP contribution in [-0.4, -0.2) is 61.7 Å². The highest BCUT2D eigenvalue weighted by Crippen LogP contribution is 2.42. The van der Waals surface area contributed by atoms with E-state index in [1.165, 1.54) is 4.31 Å². The summed E-state index contributed by atoms with van der Waals surface area (Å²) in [7, 11) is -3.63. The predicted octanol–water partition coefficient (Wildman–Crippen LogP) is 4.03. The van der Waals surface area contributed by atoms with Gasteiger partial charge in [-0.1, -0.05) is 11.2 Å². The average Bonchev–Trinajstić information content (AvgIpc) is 3.59. The summed E-state index contributed by atoms with van der Waals surface area (Å²) < 4.78 is 50.3. The summed E-state index contributed by atoms with van der Waals surface area (Å²) in [5.74, 6) is 0.677. The molecule has 1 fully saturated rings. The number of hydrogen-bond donors (Lipinski definition) is 1. The number of benzene rings is 1. The van der Waals surface area contributed by atoms with E-state index < -0.39 is 15.9 Å². The highest BCUT2D eigenvalue weighted by atomic mass is 32.2. The Hall–Kier alpha value is -3.16. The summed E-state index contributed by atoms with van der Waals surface area (Å²) in [5, 5.41) is 12.4. The summed E-state index contributed by atoms with van der Waals surface area (Å²) in [4.78, 5) is 13.0. The molecule has 1 saturated heterocycles. The Morgan fingerprint density at radius 2 is 1.84 bits per heavy atom. The van der Waals surface area contributed by atoms with Crippen molar-refractivity contribution in [2.75, 3.05) is 38.2 Å². The molecular formula is C24H30N4O7S2. The van der Waals surface area contributed by atoms with Gasteiger partial charge in [-0.15, -0.1) is 16.4 Å². The topological polar surface area (TPSA) is 133 Å². The Labute approximate surface area is 219 Å². The summed E-state index contributed by atoms with van der Waals surface area (Å²) >= 11 is 1.16. The lowest BCUT2D eigenvalue weighted by Crippen LogP contribution is -2.43. The van der Waals surface area contributed by atoms with E-state index in [1.54, 1.807) is 29.6 Å². The van der Waals surface area contributed by atoms with Gasteiger partial charge >= 0.3 is 6.01 Å². The van der Waals surface area contributed by atoms with Gasteiger partial charge < -0.3 is 18.6 Å². The monoisotopic (exact) mass is 550 g/mol. The van der Waals surface area contributed by atoms with Crippen LogP contribution in [0.25, 0.3) is 11.5 Å². The number of nitrogens with zero attached hydrogens (tertiary/aromatic N) is 3. The van der Waals surface area contributed by atoms with E-state index in [2.05, 4.69) is 15.5 Å². The molecule has 1 aliphatic rings. The molecule has 2 aromatic heterocycles. The number of aromatic nitrogens is 2. The van der Waals surface area contributed by atoms with Gasteiger partial charge in [0.15, 0.2) is 11.5 Å². The number of thiophene rings is 1. The molecule has 1 aromatic carbocycles. The number of hydrogen-bond acceptors (Lipinski definition) is 10. The van der Waals surface area contributed by atoms with Crippen LogP contribution in [0.3, 0.4) is 0 Å². The van der Waals surface area contributed by atoms with Gasteiger partial charge in [-0.25, -0.2) is 8.42 Å². The third-order valence-electron chi connectivity index (χ3n) is 5.66. The normalized spacial score (nSPS) is 16.4. The second-order valence-electron chi connectivity index (χ2n) is 8.14. The zero-order valence-electron chi connectivity index (χ0n) is 20.9. The van der Waals surface area contributed by atoms with E-state index >= 15 is 0 Å². The van der Waals surface area contributed by atoms with Crippen LogP contribution in [-0.2, 0) is 14.8 Å². The fourth-order valence-corrected chi connectivity index (χ4v) is 6.69. The molecule has 0 radical (unpaired) electrons. The molecule has 0 saturated carbocycles. The fraction of sp³-hybridized carbons (Fsp3) is 0.458. The van der Waals surface area contributed by atoms with Gasteiger partial charge in [0.25, 0.3) is 10.0 Å². The first-order valence-corrected chi connectivity index (χ1v) is 14.4. The molecule has 1 unspecified atom stereocenters. The number of carbonyl (C=O) groups excluding carboxylic acids is 1. The molecule has 37 heavy (non-hydrogen) atoms. The Bertz CT molecular complexity index is 1280. The quantitative estimate of drug-likeness (QED) is 0.376. The SMILES string of the molecule is CCOc1cc(-c2nnc(NC(=O)C3CCCN(S(=O)(=O)c4cccs4)C3)o2)cc(OCC)c1OCC. The van der Waals surface area contributed by atoms with E-state index in [0.717, 1.165) is 11.3 Å². The standard InChI is InChI=1S/C24H30N4O7S2/c1-4-32-18-13-17(14-19(33-5-2)21(18)34-6-3)23-26-27-24(35-23)25-22(29)16-9-7-11-28(15-16)37(30,31)20-10-8-12-36-20/h8,10,12-14,16H,4-7,9,11,15H2,1-3H3,(H,25,27,29). The maximum absolute atomic E-state index is 13.0. The van der Waals surface area contributed by atoms with Crippen LogP contribution in [0.4, 0.5) is 6.01 Å². The van der Waals surface area contributed by atoms with E-state index in [-0.39, 0.29) is 28.6 Å². The van der Waals surface area contributed by atoms with Crippen LogP contribution in [0.1, 0.15) is 33.6 Å². The lowest BCUT2D eigenvalue weighted by Gasteiger charge is -2.30. The molecule has 200 valence electrons. The first kappa shape index (κ1) is 26.9. The molecule has 1 atom stereocenters. The van der Waals surface area contributed by atoms with Crippen molar-refractivity contribution >= 4 is 33.3 Å². The van der Waals surface area contributed by atoms with E-state index in [0.29, 0.717) is 62.0 Å². The van der Waals surface area contributed by atoms with Crippen molar-refractivity contribution in [2.45, 2.75) is 37.8 Å². The molecule has 4 rings (SSSR count). The van der Waals surface area contributed by atoms with Gasteiger partial charge in [0.1, 0.15) is 4.21 Å². The zero-order valence-corrected chi connectivity index (χ0v) is 22.6. The van der Waals surface area contributed by atoms with Crippen molar-refractivity contribution in [3.05, 3.63) is 29.6 Å². The number of rotatable bonds is 11. The van der Waals surface area contributed by atoms with Gasteiger partial charge in [0.05, 0.1) is 25.7 Å². The van der Waals surface area contributed by atoms with Crippen molar-refractivity contribution in [1.82, 2.24) is 14.5 Å². The average molecular weight is 551 g/mol. The lowest BCUT2D eigenvalue weighted by atomic mass is 9.99. The third kappa shape index (κ3) is 6.05. The fourth-order valence-electron chi connectivity index (χ4n) is 4.02. The molecule has 1 aliphatic heterocycles. The van der Waals surface area contributed by atoms with Crippen molar-refractivity contribution in [1.29, 1.82) is 0 Å². The maximum Gasteiger partial charge on any atom is 0.322 e. The minimum atomic E-state index is -3.63.